The lowest BCUT2D eigenvalue weighted by atomic mass is 9.92. The molecule has 1 atom stereocenters. The Kier molecular flexibility index (Phi) is 6.50. The van der Waals surface area contributed by atoms with Crippen LogP contribution in [0.3, 0.4) is 0 Å². The van der Waals surface area contributed by atoms with Crippen LogP contribution in [-0.2, 0) is 9.53 Å². The van der Waals surface area contributed by atoms with Crippen LogP contribution in [0.1, 0.15) is 37.7 Å². The molecule has 0 spiro atoms. The first-order valence-corrected chi connectivity index (χ1v) is 10.6. The average molecular weight is 430 g/mol. The number of halogens is 1. The van der Waals surface area contributed by atoms with Gasteiger partial charge < -0.3 is 20.1 Å². The number of carbonyl (C=O) groups excluding carboxylic acids is 1. The van der Waals surface area contributed by atoms with E-state index in [9.17, 15) is 4.79 Å². The van der Waals surface area contributed by atoms with Crippen LogP contribution in [0, 0.1) is 11.3 Å². The lowest BCUT2D eigenvalue weighted by Crippen LogP contribution is -2.48. The molecule has 30 heavy (non-hydrogen) atoms. The summed E-state index contributed by atoms with van der Waals surface area (Å²) in [7, 11) is 0. The van der Waals surface area contributed by atoms with Crippen LogP contribution in [0.4, 0.5) is 0 Å². The van der Waals surface area contributed by atoms with Gasteiger partial charge in [-0.1, -0.05) is 11.6 Å². The zero-order valence-corrected chi connectivity index (χ0v) is 17.3. The smallest absolute Gasteiger partial charge is 0.247 e. The number of hydrogen-bond acceptors (Lipinski definition) is 7. The van der Waals surface area contributed by atoms with Crippen molar-refractivity contribution < 1.29 is 14.3 Å². The van der Waals surface area contributed by atoms with Gasteiger partial charge in [0.1, 0.15) is 17.9 Å². The molecule has 9 heteroatoms. The summed E-state index contributed by atoms with van der Waals surface area (Å²) in [5, 5.41) is 23.7. The molecule has 3 aliphatic rings. The number of carbonyl (C=O) groups is 1. The fourth-order valence-corrected chi connectivity index (χ4v) is 3.86. The van der Waals surface area contributed by atoms with E-state index >= 15 is 0 Å². The molecule has 1 unspecified atom stereocenters. The first-order valence-electron chi connectivity index (χ1n) is 10.3. The molecule has 158 valence electrons. The summed E-state index contributed by atoms with van der Waals surface area (Å²) in [6.45, 7) is 1.64. The monoisotopic (exact) mass is 429 g/mol. The predicted molar refractivity (Wildman–Crippen MR) is 110 cm³/mol. The van der Waals surface area contributed by atoms with Gasteiger partial charge in [0.2, 0.25) is 11.8 Å². The van der Waals surface area contributed by atoms with E-state index in [1.165, 1.54) is 0 Å². The number of azo groups is 1. The van der Waals surface area contributed by atoms with E-state index in [2.05, 4.69) is 20.9 Å². The molecule has 1 aromatic carbocycles. The van der Waals surface area contributed by atoms with Gasteiger partial charge in [0, 0.05) is 31.6 Å². The minimum atomic E-state index is -0.494. The third kappa shape index (κ3) is 5.10. The Morgan fingerprint density at radius 1 is 1.20 bits per heavy atom. The topological polar surface area (TPSA) is 108 Å². The second kappa shape index (κ2) is 9.45. The second-order valence-electron chi connectivity index (χ2n) is 7.76. The summed E-state index contributed by atoms with van der Waals surface area (Å²) in [6.07, 6.45) is 5.90. The number of nitriles is 1. The summed E-state index contributed by atoms with van der Waals surface area (Å²) < 4.78 is 11.7. The van der Waals surface area contributed by atoms with Crippen molar-refractivity contribution in [3.8, 4) is 11.8 Å². The van der Waals surface area contributed by atoms with Gasteiger partial charge in [0.15, 0.2) is 6.04 Å². The summed E-state index contributed by atoms with van der Waals surface area (Å²) in [4.78, 5) is 12.5. The van der Waals surface area contributed by atoms with Crippen LogP contribution in [0.15, 0.2) is 40.4 Å². The van der Waals surface area contributed by atoms with E-state index in [0.29, 0.717) is 28.6 Å². The highest BCUT2D eigenvalue weighted by Gasteiger charge is 2.28. The van der Waals surface area contributed by atoms with Crippen molar-refractivity contribution in [3.63, 3.8) is 0 Å². The summed E-state index contributed by atoms with van der Waals surface area (Å²) in [5.74, 6) is 1.07. The lowest BCUT2D eigenvalue weighted by Gasteiger charge is -2.30. The molecule has 4 rings (SSSR count). The van der Waals surface area contributed by atoms with Gasteiger partial charge in [-0.2, -0.15) is 10.4 Å². The van der Waals surface area contributed by atoms with Crippen molar-refractivity contribution in [2.45, 2.75) is 56.4 Å². The van der Waals surface area contributed by atoms with Crippen molar-refractivity contribution in [2.75, 3.05) is 13.1 Å². The second-order valence-corrected chi connectivity index (χ2v) is 8.17. The number of nitrogens with zero attached hydrogens (tertiary/aromatic N) is 3. The summed E-state index contributed by atoms with van der Waals surface area (Å²) >= 11 is 6.06. The molecule has 1 saturated heterocycles. The number of ether oxygens (including phenoxy) is 2. The predicted octanol–water partition coefficient (Wildman–Crippen LogP) is 3.07. The van der Waals surface area contributed by atoms with Crippen molar-refractivity contribution in [1.82, 2.24) is 10.6 Å². The molecular formula is C21H24ClN5O3. The molecular weight excluding hydrogens is 406 g/mol. The number of amides is 1. The molecule has 2 aliphatic heterocycles. The largest absolute Gasteiger partial charge is 0.490 e. The first kappa shape index (κ1) is 20.6. The van der Waals surface area contributed by atoms with Gasteiger partial charge in [-0.25, -0.2) is 0 Å². The molecule has 1 aliphatic carbocycles. The summed E-state index contributed by atoms with van der Waals surface area (Å²) in [6, 6.07) is 6.76. The minimum absolute atomic E-state index is 0.0696. The van der Waals surface area contributed by atoms with Crippen LogP contribution < -0.4 is 15.4 Å². The standard InChI is InChI=1S/C21H24ClN5O3/c22-18-9-16(4-1-13(18)10-23)29-15-5-2-14(3-6-15)25-21(28)19-7-8-20(27-26-19)30-17-11-24-12-17/h1,4,8-9,14-15,17,19,24H,2-3,5-7,11-12H2,(H,25,28). The van der Waals surface area contributed by atoms with Crippen molar-refractivity contribution >= 4 is 17.5 Å². The Bertz CT molecular complexity index is 885. The third-order valence-corrected chi connectivity index (χ3v) is 5.84. The van der Waals surface area contributed by atoms with Crippen LogP contribution >= 0.6 is 11.6 Å². The molecule has 2 heterocycles. The fourth-order valence-electron chi connectivity index (χ4n) is 3.65. The molecule has 8 nitrogen and oxygen atoms in total. The van der Waals surface area contributed by atoms with E-state index in [1.807, 2.05) is 12.1 Å². The zero-order valence-electron chi connectivity index (χ0n) is 16.5. The maximum absolute atomic E-state index is 12.5. The van der Waals surface area contributed by atoms with E-state index in [-0.39, 0.29) is 24.2 Å². The molecule has 1 aromatic rings. The maximum Gasteiger partial charge on any atom is 0.247 e. The van der Waals surface area contributed by atoms with E-state index < -0.39 is 6.04 Å². The Hall–Kier alpha value is -2.63. The van der Waals surface area contributed by atoms with Crippen LogP contribution in [0.5, 0.6) is 5.75 Å². The van der Waals surface area contributed by atoms with Gasteiger partial charge in [-0.3, -0.25) is 4.79 Å². The van der Waals surface area contributed by atoms with E-state index in [0.717, 1.165) is 38.8 Å². The van der Waals surface area contributed by atoms with Crippen molar-refractivity contribution in [1.29, 1.82) is 5.26 Å². The maximum atomic E-state index is 12.5. The van der Waals surface area contributed by atoms with Gasteiger partial charge >= 0.3 is 0 Å². The highest BCUT2D eigenvalue weighted by Crippen LogP contribution is 2.27. The Morgan fingerprint density at radius 2 is 2.00 bits per heavy atom. The normalized spacial score (nSPS) is 26.1. The van der Waals surface area contributed by atoms with Gasteiger partial charge in [0.05, 0.1) is 16.7 Å². The number of nitrogens with one attached hydrogen (secondary N) is 2. The lowest BCUT2D eigenvalue weighted by molar-refractivity contribution is -0.123. The molecule has 0 radical (unpaired) electrons. The third-order valence-electron chi connectivity index (χ3n) is 5.53. The Labute approximate surface area is 180 Å². The van der Waals surface area contributed by atoms with Gasteiger partial charge in [-0.05, 0) is 43.9 Å². The van der Waals surface area contributed by atoms with Crippen molar-refractivity contribution in [2.24, 2.45) is 10.2 Å². The van der Waals surface area contributed by atoms with Crippen molar-refractivity contribution in [3.05, 3.63) is 40.7 Å². The first-order chi connectivity index (χ1) is 14.6. The number of benzene rings is 1. The Morgan fingerprint density at radius 3 is 2.60 bits per heavy atom. The van der Waals surface area contributed by atoms with Crippen LogP contribution in [0.25, 0.3) is 0 Å². The number of hydrogen-bond donors (Lipinski definition) is 2. The molecule has 2 fully saturated rings. The van der Waals surface area contributed by atoms with Gasteiger partial charge in [-0.15, -0.1) is 5.11 Å². The Balaban J connectivity index is 1.19. The summed E-state index contributed by atoms with van der Waals surface area (Å²) in [5.41, 5.74) is 0.434. The molecule has 0 aromatic heterocycles. The molecule has 1 amide bonds. The van der Waals surface area contributed by atoms with Crippen LogP contribution in [0.2, 0.25) is 5.02 Å². The van der Waals surface area contributed by atoms with Gasteiger partial charge in [0.25, 0.3) is 0 Å². The molecule has 1 saturated carbocycles. The van der Waals surface area contributed by atoms with E-state index in [4.69, 9.17) is 26.3 Å². The highest BCUT2D eigenvalue weighted by atomic mass is 35.5. The molecule has 2 N–H and O–H groups in total. The number of rotatable bonds is 6. The quantitative estimate of drug-likeness (QED) is 0.722. The van der Waals surface area contributed by atoms with E-state index in [1.54, 1.807) is 18.2 Å². The minimum Gasteiger partial charge on any atom is -0.490 e. The van der Waals surface area contributed by atoms with Crippen LogP contribution in [-0.4, -0.2) is 43.3 Å². The zero-order chi connectivity index (χ0) is 20.9. The molecule has 0 bridgehead atoms. The highest BCUT2D eigenvalue weighted by molar-refractivity contribution is 6.31. The fraction of sp³-hybridized carbons (Fsp3) is 0.524. The average Bonchev–Trinajstić information content (AvgIpc) is 2.73. The SMILES string of the molecule is N#Cc1ccc(OC2CCC(NC(=O)C3CC=C(OC4CNC4)N=N3)CC2)cc1Cl.